The van der Waals surface area contributed by atoms with E-state index in [0.29, 0.717) is 12.0 Å². The molecule has 0 aromatic heterocycles. The first-order chi connectivity index (χ1) is 7.55. The molecule has 0 aliphatic carbocycles. The fraction of sp³-hybridized carbons (Fsp3) is 0.571. The second kappa shape index (κ2) is 4.19. The van der Waals surface area contributed by atoms with Gasteiger partial charge in [-0.2, -0.15) is 0 Å². The summed E-state index contributed by atoms with van der Waals surface area (Å²) in [6.45, 7) is 5.43. The predicted octanol–water partition coefficient (Wildman–Crippen LogP) is 0.817. The number of nitrogens with one attached hydrogen (secondary N) is 1. The largest absolute Gasteiger partial charge is 0.384 e. The van der Waals surface area contributed by atoms with Crippen LogP contribution in [0.5, 0.6) is 0 Å². The highest BCUT2D eigenvalue weighted by Gasteiger charge is 2.45. The molecular formula is C14H22NO+. The molecule has 88 valence electrons. The number of likely N-dealkylation sites (tertiary alicyclic amines) is 1. The number of hydrogen-bond acceptors (Lipinski definition) is 1. The van der Waals surface area contributed by atoms with Gasteiger partial charge in [-0.25, -0.2) is 0 Å². The third kappa shape index (κ3) is 1.76. The van der Waals surface area contributed by atoms with E-state index in [1.165, 1.54) is 4.90 Å². The molecule has 1 heterocycles. The zero-order valence-corrected chi connectivity index (χ0v) is 10.4. The summed E-state index contributed by atoms with van der Waals surface area (Å²) in [6.07, 6.45) is 0.856. The summed E-state index contributed by atoms with van der Waals surface area (Å²) in [7, 11) is 2.21. The van der Waals surface area contributed by atoms with Gasteiger partial charge in [0.1, 0.15) is 5.60 Å². The van der Waals surface area contributed by atoms with Crippen molar-refractivity contribution >= 4 is 0 Å². The van der Waals surface area contributed by atoms with E-state index < -0.39 is 5.60 Å². The lowest BCUT2D eigenvalue weighted by Gasteiger charge is -2.44. The van der Waals surface area contributed by atoms with Crippen molar-refractivity contribution in [2.75, 3.05) is 13.6 Å². The van der Waals surface area contributed by atoms with Gasteiger partial charge in [0, 0.05) is 12.3 Å². The number of benzene rings is 1. The van der Waals surface area contributed by atoms with E-state index in [4.69, 9.17) is 0 Å². The molecule has 1 aromatic rings. The van der Waals surface area contributed by atoms with Gasteiger partial charge in [0.05, 0.1) is 19.6 Å². The monoisotopic (exact) mass is 220 g/mol. The van der Waals surface area contributed by atoms with E-state index in [0.717, 1.165) is 18.5 Å². The maximum Gasteiger partial charge on any atom is 0.103 e. The van der Waals surface area contributed by atoms with Crippen molar-refractivity contribution in [3.05, 3.63) is 35.9 Å². The van der Waals surface area contributed by atoms with Crippen LogP contribution in [0.3, 0.4) is 0 Å². The Labute approximate surface area is 97.9 Å². The van der Waals surface area contributed by atoms with Crippen LogP contribution in [-0.4, -0.2) is 24.7 Å². The summed E-state index contributed by atoms with van der Waals surface area (Å²) in [4.78, 5) is 1.52. The van der Waals surface area contributed by atoms with Gasteiger partial charge in [-0.3, -0.25) is 0 Å². The van der Waals surface area contributed by atoms with Crippen LogP contribution >= 0.6 is 0 Å². The van der Waals surface area contributed by atoms with Crippen molar-refractivity contribution in [3.63, 3.8) is 0 Å². The molecule has 2 nitrogen and oxygen atoms in total. The van der Waals surface area contributed by atoms with Gasteiger partial charge < -0.3 is 10.0 Å². The van der Waals surface area contributed by atoms with Crippen molar-refractivity contribution < 1.29 is 10.0 Å². The number of aliphatic hydroxyl groups is 1. The Morgan fingerprint density at radius 2 is 1.88 bits per heavy atom. The van der Waals surface area contributed by atoms with Gasteiger partial charge >= 0.3 is 0 Å². The van der Waals surface area contributed by atoms with E-state index in [9.17, 15) is 5.11 Å². The minimum atomic E-state index is -0.639. The molecule has 0 spiro atoms. The van der Waals surface area contributed by atoms with E-state index in [2.05, 4.69) is 20.9 Å². The lowest BCUT2D eigenvalue weighted by molar-refractivity contribution is -0.917. The summed E-state index contributed by atoms with van der Waals surface area (Å²) >= 11 is 0. The maximum absolute atomic E-state index is 10.9. The Kier molecular flexibility index (Phi) is 3.04. The first-order valence-corrected chi connectivity index (χ1v) is 6.16. The highest BCUT2D eigenvalue weighted by molar-refractivity contribution is 5.23. The summed E-state index contributed by atoms with van der Waals surface area (Å²) in [5, 5.41) is 10.9. The van der Waals surface area contributed by atoms with Crippen LogP contribution in [0.4, 0.5) is 0 Å². The fourth-order valence-corrected chi connectivity index (χ4v) is 2.82. The predicted molar refractivity (Wildman–Crippen MR) is 65.3 cm³/mol. The Morgan fingerprint density at radius 3 is 2.50 bits per heavy atom. The number of piperidine rings is 1. The van der Waals surface area contributed by atoms with Crippen LogP contribution in [-0.2, 0) is 5.60 Å². The molecule has 0 bridgehead atoms. The molecule has 2 rings (SSSR count). The highest BCUT2D eigenvalue weighted by atomic mass is 16.3. The molecule has 0 saturated carbocycles. The van der Waals surface area contributed by atoms with Gasteiger partial charge in [0.25, 0.3) is 0 Å². The fourth-order valence-electron chi connectivity index (χ4n) is 2.82. The number of quaternary nitrogens is 1. The molecular weight excluding hydrogens is 198 g/mol. The molecule has 2 N–H and O–H groups in total. The maximum atomic E-state index is 10.9. The topological polar surface area (TPSA) is 24.7 Å². The SMILES string of the molecule is C[C@H]1[C@H](C)[C@@](O)(c2ccccc2)CC[NH+]1C. The van der Waals surface area contributed by atoms with Crippen molar-refractivity contribution in [2.45, 2.75) is 31.9 Å². The summed E-state index contributed by atoms with van der Waals surface area (Å²) in [5.74, 6) is 0.295. The summed E-state index contributed by atoms with van der Waals surface area (Å²) < 4.78 is 0. The highest BCUT2D eigenvalue weighted by Crippen LogP contribution is 2.35. The van der Waals surface area contributed by atoms with Crippen LogP contribution < -0.4 is 4.90 Å². The molecule has 0 radical (unpaired) electrons. The average molecular weight is 220 g/mol. The Bertz CT molecular complexity index is 351. The Hall–Kier alpha value is -0.860. The molecule has 1 saturated heterocycles. The second-order valence-corrected chi connectivity index (χ2v) is 5.21. The Balaban J connectivity index is 2.32. The molecule has 2 heteroatoms. The first kappa shape index (κ1) is 11.6. The average Bonchev–Trinajstić information content (AvgIpc) is 2.33. The van der Waals surface area contributed by atoms with Crippen molar-refractivity contribution in [2.24, 2.45) is 5.92 Å². The zero-order valence-electron chi connectivity index (χ0n) is 10.4. The second-order valence-electron chi connectivity index (χ2n) is 5.21. The lowest BCUT2D eigenvalue weighted by atomic mass is 9.73. The van der Waals surface area contributed by atoms with Gasteiger partial charge in [-0.1, -0.05) is 37.3 Å². The minimum absolute atomic E-state index is 0.295. The smallest absolute Gasteiger partial charge is 0.103 e. The molecule has 0 amide bonds. The number of rotatable bonds is 1. The molecule has 1 aromatic carbocycles. The number of hydrogen-bond donors (Lipinski definition) is 2. The normalized spacial score (nSPS) is 39.6. The van der Waals surface area contributed by atoms with Crippen molar-refractivity contribution in [3.8, 4) is 0 Å². The molecule has 4 atom stereocenters. The lowest BCUT2D eigenvalue weighted by Crippen LogP contribution is -3.15. The molecule has 1 fully saturated rings. The third-order valence-electron chi connectivity index (χ3n) is 4.45. The van der Waals surface area contributed by atoms with Crippen molar-refractivity contribution in [1.29, 1.82) is 0 Å². The third-order valence-corrected chi connectivity index (χ3v) is 4.45. The van der Waals surface area contributed by atoms with E-state index >= 15 is 0 Å². The minimum Gasteiger partial charge on any atom is -0.384 e. The first-order valence-electron chi connectivity index (χ1n) is 6.16. The van der Waals surface area contributed by atoms with Gasteiger partial charge in [0.15, 0.2) is 0 Å². The van der Waals surface area contributed by atoms with Crippen LogP contribution in [0.2, 0.25) is 0 Å². The Morgan fingerprint density at radius 1 is 1.25 bits per heavy atom. The summed E-state index contributed by atoms with van der Waals surface area (Å²) in [6, 6.07) is 10.6. The standard InChI is InChI=1S/C14H21NO/c1-11-12(2)15(3)10-9-14(11,16)13-7-5-4-6-8-13/h4-8,11-12,16H,9-10H2,1-3H3/p+1/t11-,12-,14+/m0/s1. The van der Waals surface area contributed by atoms with Crippen LogP contribution in [0.25, 0.3) is 0 Å². The molecule has 1 unspecified atom stereocenters. The molecule has 1 aliphatic heterocycles. The van der Waals surface area contributed by atoms with Gasteiger partial charge in [-0.15, -0.1) is 0 Å². The quantitative estimate of drug-likeness (QED) is 0.719. The van der Waals surface area contributed by atoms with Gasteiger partial charge in [-0.05, 0) is 12.5 Å². The van der Waals surface area contributed by atoms with Gasteiger partial charge in [0.2, 0.25) is 0 Å². The van der Waals surface area contributed by atoms with E-state index in [1.807, 2.05) is 30.3 Å². The molecule has 1 aliphatic rings. The van der Waals surface area contributed by atoms with Crippen LogP contribution in [0, 0.1) is 5.92 Å². The molecule has 16 heavy (non-hydrogen) atoms. The van der Waals surface area contributed by atoms with Crippen LogP contribution in [0.1, 0.15) is 25.8 Å². The summed E-state index contributed by atoms with van der Waals surface area (Å²) in [5.41, 5.74) is 0.432. The van der Waals surface area contributed by atoms with Crippen LogP contribution in [0.15, 0.2) is 30.3 Å². The van der Waals surface area contributed by atoms with E-state index in [-0.39, 0.29) is 0 Å². The zero-order chi connectivity index (χ0) is 11.8. The van der Waals surface area contributed by atoms with Crippen molar-refractivity contribution in [1.82, 2.24) is 0 Å². The van der Waals surface area contributed by atoms with E-state index in [1.54, 1.807) is 0 Å².